The number of hydrogen-bond donors (Lipinski definition) is 3. The van der Waals surface area contributed by atoms with Crippen molar-refractivity contribution in [3.8, 4) is 0 Å². The number of alkyl halides is 1. The largest absolute Gasteiger partial charge is 0.366 e. The Morgan fingerprint density at radius 2 is 1.85 bits per heavy atom. The van der Waals surface area contributed by atoms with Gasteiger partial charge in [0.25, 0.3) is 11.5 Å². The number of aryl methyl sites for hydroxylation is 1. The van der Waals surface area contributed by atoms with Crippen LogP contribution in [0, 0.1) is 12.7 Å². The van der Waals surface area contributed by atoms with Crippen LogP contribution in [0.1, 0.15) is 50.0 Å². The molecule has 34 heavy (non-hydrogen) atoms. The van der Waals surface area contributed by atoms with Crippen LogP contribution in [-0.4, -0.2) is 39.1 Å². The molecule has 1 amide bonds. The van der Waals surface area contributed by atoms with Crippen molar-refractivity contribution in [3.63, 3.8) is 0 Å². The Morgan fingerprint density at radius 1 is 1.21 bits per heavy atom. The minimum atomic E-state index is -1.38. The lowest BCUT2D eigenvalue weighted by molar-refractivity contribution is -0.178. The lowest BCUT2D eigenvalue weighted by atomic mass is 10.2. The number of aliphatic hydroxyl groups is 1. The Hall–Kier alpha value is -3.09. The molecule has 12 heteroatoms. The lowest BCUT2D eigenvalue weighted by Crippen LogP contribution is -2.44. The third kappa shape index (κ3) is 7.75. The van der Waals surface area contributed by atoms with E-state index in [1.807, 2.05) is 19.3 Å². The summed E-state index contributed by atoms with van der Waals surface area (Å²) in [6.45, 7) is 7.30. The van der Waals surface area contributed by atoms with Crippen molar-refractivity contribution in [1.29, 1.82) is 0 Å². The maximum absolute atomic E-state index is 14.3. The number of benzene rings is 1. The zero-order chi connectivity index (χ0) is 26.1. The van der Waals surface area contributed by atoms with Crippen LogP contribution in [0.15, 0.2) is 27.8 Å². The number of rotatable bonds is 10. The van der Waals surface area contributed by atoms with Crippen molar-refractivity contribution in [2.75, 3.05) is 18.5 Å². The predicted molar refractivity (Wildman–Crippen MR) is 123 cm³/mol. The fourth-order valence-corrected chi connectivity index (χ4v) is 2.68. The van der Waals surface area contributed by atoms with Crippen LogP contribution in [0.25, 0.3) is 0 Å². The van der Waals surface area contributed by atoms with Crippen molar-refractivity contribution in [3.05, 3.63) is 56.0 Å². The molecule has 1 aromatic heterocycles. The second-order valence-corrected chi connectivity index (χ2v) is 7.45. The fraction of sp³-hybridized carbons (Fsp3) is 0.500. The predicted octanol–water partition coefficient (Wildman–Crippen LogP) is 2.49. The summed E-state index contributed by atoms with van der Waals surface area (Å²) < 4.78 is 34.1. The van der Waals surface area contributed by atoms with Crippen LogP contribution >= 0.6 is 0 Å². The number of aromatic nitrogens is 2. The number of amides is 1. The molecule has 0 bridgehead atoms. The SMILES string of the molecule is CC.Cc1ccc(Nc2c(C(=O)NOCCCOC(C)(C)O)c(=O)n(C)c(=O)n2CF)c(F)c1. The summed E-state index contributed by atoms with van der Waals surface area (Å²) in [6.07, 6.45) is 0.298. The van der Waals surface area contributed by atoms with Crippen LogP contribution in [0.2, 0.25) is 0 Å². The van der Waals surface area contributed by atoms with Gasteiger partial charge in [-0.1, -0.05) is 19.9 Å². The normalized spacial score (nSPS) is 11.0. The number of halogens is 2. The summed E-state index contributed by atoms with van der Waals surface area (Å²) >= 11 is 0. The summed E-state index contributed by atoms with van der Waals surface area (Å²) in [5, 5.41) is 11.9. The van der Waals surface area contributed by atoms with Gasteiger partial charge in [0.2, 0.25) is 0 Å². The van der Waals surface area contributed by atoms with E-state index in [1.165, 1.54) is 26.0 Å². The molecule has 190 valence electrons. The maximum atomic E-state index is 14.3. The summed E-state index contributed by atoms with van der Waals surface area (Å²) in [5.74, 6) is -3.62. The molecule has 0 atom stereocenters. The average Bonchev–Trinajstić information content (AvgIpc) is 2.77. The van der Waals surface area contributed by atoms with Gasteiger partial charge < -0.3 is 15.2 Å². The van der Waals surface area contributed by atoms with E-state index in [0.29, 0.717) is 21.1 Å². The van der Waals surface area contributed by atoms with E-state index < -0.39 is 46.9 Å². The van der Waals surface area contributed by atoms with Crippen LogP contribution in [0.3, 0.4) is 0 Å². The second-order valence-electron chi connectivity index (χ2n) is 7.45. The average molecular weight is 487 g/mol. The summed E-state index contributed by atoms with van der Waals surface area (Å²) in [6, 6.07) is 4.08. The minimum Gasteiger partial charge on any atom is -0.366 e. The molecule has 10 nitrogen and oxygen atoms in total. The Bertz CT molecular complexity index is 1090. The highest BCUT2D eigenvalue weighted by Gasteiger charge is 2.24. The van der Waals surface area contributed by atoms with Crippen molar-refractivity contribution in [2.45, 2.75) is 53.6 Å². The van der Waals surface area contributed by atoms with Gasteiger partial charge in [-0.25, -0.2) is 23.6 Å². The standard InChI is InChI=1S/C20H26F2N4O6.C2H6/c1-12-6-7-14(13(22)10-12)23-16-15(18(28)25(4)19(29)26(16)11-21)17(27)24-32-9-5-8-31-20(2,3)30;1-2/h6-7,10,23,30H,5,8-9,11H2,1-4H3,(H,24,27);1-2H3. The molecular weight excluding hydrogens is 454 g/mol. The smallest absolute Gasteiger partial charge is 0.334 e. The highest BCUT2D eigenvalue weighted by atomic mass is 19.1. The van der Waals surface area contributed by atoms with Gasteiger partial charge >= 0.3 is 5.69 Å². The molecular formula is C22H32F2N4O6. The van der Waals surface area contributed by atoms with E-state index in [2.05, 4.69) is 5.32 Å². The Labute approximate surface area is 196 Å². The highest BCUT2D eigenvalue weighted by molar-refractivity contribution is 5.98. The van der Waals surface area contributed by atoms with E-state index >= 15 is 0 Å². The molecule has 2 aromatic rings. The molecule has 0 unspecified atom stereocenters. The van der Waals surface area contributed by atoms with Crippen molar-refractivity contribution in [1.82, 2.24) is 14.6 Å². The monoisotopic (exact) mass is 486 g/mol. The number of carbonyl (C=O) groups is 1. The first kappa shape index (κ1) is 28.9. The lowest BCUT2D eigenvalue weighted by Gasteiger charge is -2.18. The Balaban J connectivity index is 0.00000281. The van der Waals surface area contributed by atoms with Crippen molar-refractivity contribution >= 4 is 17.4 Å². The van der Waals surface area contributed by atoms with E-state index in [9.17, 15) is 28.3 Å². The molecule has 0 aliphatic heterocycles. The third-order valence-corrected chi connectivity index (χ3v) is 4.28. The molecule has 1 heterocycles. The fourth-order valence-electron chi connectivity index (χ4n) is 2.68. The summed E-state index contributed by atoms with van der Waals surface area (Å²) in [7, 11) is 1.08. The Morgan fingerprint density at radius 3 is 2.41 bits per heavy atom. The van der Waals surface area contributed by atoms with E-state index in [1.54, 1.807) is 13.0 Å². The van der Waals surface area contributed by atoms with Gasteiger partial charge in [0.15, 0.2) is 12.6 Å². The molecule has 0 radical (unpaired) electrons. The maximum Gasteiger partial charge on any atom is 0.334 e. The summed E-state index contributed by atoms with van der Waals surface area (Å²) in [4.78, 5) is 42.6. The van der Waals surface area contributed by atoms with E-state index in [-0.39, 0.29) is 18.9 Å². The molecule has 1 aromatic carbocycles. The van der Waals surface area contributed by atoms with Gasteiger partial charge in [0.05, 0.1) is 18.9 Å². The number of nitrogens with one attached hydrogen (secondary N) is 2. The van der Waals surface area contributed by atoms with Crippen LogP contribution < -0.4 is 22.0 Å². The first-order valence-electron chi connectivity index (χ1n) is 10.7. The number of anilines is 2. The topological polar surface area (TPSA) is 124 Å². The van der Waals surface area contributed by atoms with Gasteiger partial charge in [-0.05, 0) is 44.9 Å². The van der Waals surface area contributed by atoms with Crippen molar-refractivity contribution in [2.24, 2.45) is 7.05 Å². The minimum absolute atomic E-state index is 0.0275. The van der Waals surface area contributed by atoms with Gasteiger partial charge in [-0.2, -0.15) is 0 Å². The van der Waals surface area contributed by atoms with E-state index in [4.69, 9.17) is 9.57 Å². The zero-order valence-corrected chi connectivity index (χ0v) is 20.2. The number of hydroxylamine groups is 1. The molecule has 0 aliphatic carbocycles. The highest BCUT2D eigenvalue weighted by Crippen LogP contribution is 2.22. The van der Waals surface area contributed by atoms with Crippen LogP contribution in [-0.2, 0) is 23.4 Å². The number of carbonyl (C=O) groups excluding carboxylic acids is 1. The number of nitrogens with zero attached hydrogens (tertiary/aromatic N) is 2. The molecule has 0 fully saturated rings. The first-order valence-corrected chi connectivity index (χ1v) is 10.7. The quantitative estimate of drug-likeness (QED) is 0.268. The van der Waals surface area contributed by atoms with Gasteiger partial charge in [0, 0.05) is 7.05 Å². The third-order valence-electron chi connectivity index (χ3n) is 4.28. The van der Waals surface area contributed by atoms with Gasteiger partial charge in [0.1, 0.15) is 17.2 Å². The Kier molecular flexibility index (Phi) is 11.0. The number of hydrogen-bond acceptors (Lipinski definition) is 7. The number of ether oxygens (including phenoxy) is 1. The molecule has 2 rings (SSSR count). The van der Waals surface area contributed by atoms with Crippen LogP contribution in [0.4, 0.5) is 20.3 Å². The summed E-state index contributed by atoms with van der Waals surface area (Å²) in [5.41, 5.74) is -0.210. The first-order chi connectivity index (χ1) is 16.0. The molecule has 0 aliphatic rings. The molecule has 0 spiro atoms. The van der Waals surface area contributed by atoms with Crippen LogP contribution in [0.5, 0.6) is 0 Å². The van der Waals surface area contributed by atoms with Gasteiger partial charge in [-0.15, -0.1) is 0 Å². The zero-order valence-electron chi connectivity index (χ0n) is 20.2. The van der Waals surface area contributed by atoms with E-state index in [0.717, 1.165) is 7.05 Å². The van der Waals surface area contributed by atoms with Gasteiger partial charge in [-0.3, -0.25) is 19.0 Å². The second kappa shape index (κ2) is 13.0. The van der Waals surface area contributed by atoms with Crippen molar-refractivity contribution < 1.29 is 28.3 Å². The molecule has 3 N–H and O–H groups in total. The molecule has 0 saturated heterocycles. The molecule has 0 saturated carbocycles.